The predicted molar refractivity (Wildman–Crippen MR) is 129 cm³/mol. The summed E-state index contributed by atoms with van der Waals surface area (Å²) in [5, 5.41) is 53.2. The molecular weight excluding hydrogens is 508 g/mol. The monoisotopic (exact) mass is 540 g/mol. The number of amides is 3. The smallest absolute Gasteiger partial charge is 0.326 e. The fourth-order valence-corrected chi connectivity index (χ4v) is 3.21. The van der Waals surface area contributed by atoms with E-state index in [1.807, 2.05) is 0 Å². The number of carbonyl (C=O) groups excluding carboxylic acids is 3. The van der Waals surface area contributed by atoms with Gasteiger partial charge in [-0.3, -0.25) is 24.0 Å². The molecule has 0 saturated carbocycles. The Morgan fingerprint density at radius 3 is 1.82 bits per heavy atom. The first kappa shape index (κ1) is 31.8. The molecule has 15 heteroatoms. The number of aromatic hydroxyl groups is 1. The van der Waals surface area contributed by atoms with Crippen molar-refractivity contribution in [2.24, 2.45) is 5.73 Å². The van der Waals surface area contributed by atoms with Crippen LogP contribution in [0.1, 0.15) is 38.2 Å². The summed E-state index contributed by atoms with van der Waals surface area (Å²) in [6.45, 7) is 1.18. The third kappa shape index (κ3) is 11.2. The molecule has 0 bridgehead atoms. The lowest BCUT2D eigenvalue weighted by Gasteiger charge is -2.26. The lowest BCUT2D eigenvalue weighted by atomic mass is 10.0. The van der Waals surface area contributed by atoms with Crippen LogP contribution < -0.4 is 21.7 Å². The highest BCUT2D eigenvalue weighted by atomic mass is 16.4. The van der Waals surface area contributed by atoms with Gasteiger partial charge >= 0.3 is 17.9 Å². The van der Waals surface area contributed by atoms with E-state index in [0.717, 1.165) is 0 Å². The Kier molecular flexibility index (Phi) is 12.6. The van der Waals surface area contributed by atoms with Crippen molar-refractivity contribution >= 4 is 35.6 Å². The molecule has 15 nitrogen and oxygen atoms in total. The fraction of sp³-hybridized carbons (Fsp3) is 0.478. The Bertz CT molecular complexity index is 1010. The molecule has 5 unspecified atom stereocenters. The second-order valence-electron chi connectivity index (χ2n) is 8.53. The topological polar surface area (TPSA) is 266 Å². The van der Waals surface area contributed by atoms with Gasteiger partial charge in [0.2, 0.25) is 17.7 Å². The van der Waals surface area contributed by atoms with E-state index in [4.69, 9.17) is 15.9 Å². The summed E-state index contributed by atoms with van der Waals surface area (Å²) < 4.78 is 0. The standard InChI is InChI=1S/C23H32N4O11/c1-11(28)19(27-20(34)14(24)6-8-17(30)31)22(36)26-16(10-12-2-4-13(29)5-3-12)21(35)25-15(23(37)38)7-9-18(32)33/h2-5,11,14-16,19,28-29H,6-10,24H2,1H3,(H,25,35)(H,26,36)(H,27,34)(H,30,31)(H,32,33)(H,37,38). The largest absolute Gasteiger partial charge is 0.508 e. The van der Waals surface area contributed by atoms with Crippen LogP contribution in [-0.2, 0) is 35.2 Å². The zero-order valence-corrected chi connectivity index (χ0v) is 20.5. The van der Waals surface area contributed by atoms with Crippen LogP contribution in [0, 0.1) is 0 Å². The summed E-state index contributed by atoms with van der Waals surface area (Å²) in [5.74, 6) is -6.99. The summed E-state index contributed by atoms with van der Waals surface area (Å²) in [7, 11) is 0. The van der Waals surface area contributed by atoms with Crippen molar-refractivity contribution in [3.8, 4) is 5.75 Å². The molecule has 3 amide bonds. The SMILES string of the molecule is CC(O)C(NC(=O)C(N)CCC(=O)O)C(=O)NC(Cc1ccc(O)cc1)C(=O)NC(CCC(=O)O)C(=O)O. The Balaban J connectivity index is 3.11. The molecular formula is C23H32N4O11. The van der Waals surface area contributed by atoms with Crippen molar-refractivity contribution in [3.05, 3.63) is 29.8 Å². The molecule has 1 aromatic rings. The van der Waals surface area contributed by atoms with Gasteiger partial charge in [0, 0.05) is 19.3 Å². The van der Waals surface area contributed by atoms with E-state index in [2.05, 4.69) is 16.0 Å². The van der Waals surface area contributed by atoms with E-state index in [0.29, 0.717) is 5.56 Å². The maximum Gasteiger partial charge on any atom is 0.326 e. The minimum Gasteiger partial charge on any atom is -0.508 e. The average molecular weight is 541 g/mol. The molecule has 1 rings (SSSR count). The van der Waals surface area contributed by atoms with E-state index >= 15 is 0 Å². The molecule has 10 N–H and O–H groups in total. The van der Waals surface area contributed by atoms with Crippen LogP contribution in [0.25, 0.3) is 0 Å². The minimum absolute atomic E-state index is 0.0745. The van der Waals surface area contributed by atoms with Crippen molar-refractivity contribution in [1.29, 1.82) is 0 Å². The number of phenols is 1. The molecule has 1 aromatic carbocycles. The molecule has 0 aliphatic carbocycles. The lowest BCUT2D eigenvalue weighted by Crippen LogP contribution is -2.60. The zero-order valence-electron chi connectivity index (χ0n) is 20.5. The van der Waals surface area contributed by atoms with E-state index in [9.17, 15) is 44.1 Å². The van der Waals surface area contributed by atoms with Gasteiger partial charge in [0.15, 0.2) is 0 Å². The summed E-state index contributed by atoms with van der Waals surface area (Å²) in [4.78, 5) is 71.3. The van der Waals surface area contributed by atoms with E-state index in [1.165, 1.54) is 31.2 Å². The summed E-state index contributed by atoms with van der Waals surface area (Å²) in [6, 6.07) is -0.438. The highest BCUT2D eigenvalue weighted by Gasteiger charge is 2.32. The highest BCUT2D eigenvalue weighted by molar-refractivity contribution is 5.94. The van der Waals surface area contributed by atoms with Gasteiger partial charge in [0.25, 0.3) is 0 Å². The van der Waals surface area contributed by atoms with Crippen molar-refractivity contribution in [2.45, 2.75) is 69.3 Å². The van der Waals surface area contributed by atoms with Gasteiger partial charge in [-0.1, -0.05) is 12.1 Å². The first-order chi connectivity index (χ1) is 17.7. The predicted octanol–water partition coefficient (Wildman–Crippen LogP) is -2.09. The number of rotatable bonds is 16. The zero-order chi connectivity index (χ0) is 29.0. The number of nitrogens with one attached hydrogen (secondary N) is 3. The molecule has 0 radical (unpaired) electrons. The molecule has 210 valence electrons. The number of phenolic OH excluding ortho intramolecular Hbond substituents is 1. The van der Waals surface area contributed by atoms with Crippen LogP contribution >= 0.6 is 0 Å². The Morgan fingerprint density at radius 2 is 1.32 bits per heavy atom. The van der Waals surface area contributed by atoms with Gasteiger partial charge in [-0.25, -0.2) is 4.79 Å². The molecule has 0 aliphatic heterocycles. The number of carboxylic acids is 3. The number of aliphatic hydroxyl groups is 1. The number of carbonyl (C=O) groups is 6. The Labute approximate surface area is 217 Å². The Morgan fingerprint density at radius 1 is 0.789 bits per heavy atom. The highest BCUT2D eigenvalue weighted by Crippen LogP contribution is 2.12. The van der Waals surface area contributed by atoms with Gasteiger partial charge in [-0.2, -0.15) is 0 Å². The third-order valence-corrected chi connectivity index (χ3v) is 5.34. The molecule has 0 aliphatic rings. The second-order valence-corrected chi connectivity index (χ2v) is 8.53. The van der Waals surface area contributed by atoms with Gasteiger partial charge in [0.1, 0.15) is 23.9 Å². The number of carboxylic acid groups (broad SMARTS) is 3. The van der Waals surface area contributed by atoms with E-state index in [-0.39, 0.29) is 18.6 Å². The summed E-state index contributed by atoms with van der Waals surface area (Å²) in [5.41, 5.74) is 6.08. The normalized spacial score (nSPS) is 14.7. The molecule has 0 heterocycles. The van der Waals surface area contributed by atoms with Crippen LogP contribution in [0.15, 0.2) is 24.3 Å². The number of aliphatic carboxylic acids is 3. The summed E-state index contributed by atoms with van der Waals surface area (Å²) >= 11 is 0. The number of hydrogen-bond acceptors (Lipinski definition) is 9. The van der Waals surface area contributed by atoms with Gasteiger partial charge < -0.3 is 47.2 Å². The molecule has 0 aromatic heterocycles. The maximum absolute atomic E-state index is 13.0. The van der Waals surface area contributed by atoms with Crippen LogP contribution in [0.3, 0.4) is 0 Å². The molecule has 0 fully saturated rings. The number of benzene rings is 1. The van der Waals surface area contributed by atoms with Crippen molar-refractivity contribution in [2.75, 3.05) is 0 Å². The fourth-order valence-electron chi connectivity index (χ4n) is 3.21. The molecule has 38 heavy (non-hydrogen) atoms. The third-order valence-electron chi connectivity index (χ3n) is 5.34. The van der Waals surface area contributed by atoms with Crippen LogP contribution in [0.5, 0.6) is 5.75 Å². The van der Waals surface area contributed by atoms with Crippen molar-refractivity contribution in [3.63, 3.8) is 0 Å². The van der Waals surface area contributed by atoms with Crippen LogP contribution in [0.4, 0.5) is 0 Å². The lowest BCUT2D eigenvalue weighted by molar-refractivity contribution is -0.143. The minimum atomic E-state index is -1.62. The van der Waals surface area contributed by atoms with E-state index in [1.54, 1.807) is 0 Å². The van der Waals surface area contributed by atoms with Crippen LogP contribution in [-0.4, -0.2) is 91.4 Å². The first-order valence-corrected chi connectivity index (χ1v) is 11.5. The molecule has 0 spiro atoms. The quantitative estimate of drug-likeness (QED) is 0.109. The summed E-state index contributed by atoms with van der Waals surface area (Å²) in [6.07, 6.45) is -3.33. The van der Waals surface area contributed by atoms with Gasteiger partial charge in [-0.05, 0) is 37.5 Å². The molecule has 0 saturated heterocycles. The maximum atomic E-state index is 13.0. The average Bonchev–Trinajstić information content (AvgIpc) is 2.83. The van der Waals surface area contributed by atoms with Gasteiger partial charge in [-0.15, -0.1) is 0 Å². The number of aliphatic hydroxyl groups excluding tert-OH is 1. The van der Waals surface area contributed by atoms with Gasteiger partial charge in [0.05, 0.1) is 12.1 Å². The number of hydrogen-bond donors (Lipinski definition) is 9. The molecule has 5 atom stereocenters. The van der Waals surface area contributed by atoms with Crippen molar-refractivity contribution in [1.82, 2.24) is 16.0 Å². The van der Waals surface area contributed by atoms with Crippen molar-refractivity contribution < 1.29 is 54.3 Å². The van der Waals surface area contributed by atoms with E-state index < -0.39 is 85.2 Å². The second kappa shape index (κ2) is 15.1. The Hall–Kier alpha value is -4.24. The number of nitrogens with two attached hydrogens (primary N) is 1. The first-order valence-electron chi connectivity index (χ1n) is 11.5. The van der Waals surface area contributed by atoms with Crippen LogP contribution in [0.2, 0.25) is 0 Å².